The number of para-hydroxylation sites is 1. The monoisotopic (exact) mass is 344 g/mol. The van der Waals surface area contributed by atoms with Crippen molar-refractivity contribution in [3.8, 4) is 11.5 Å². The zero-order valence-corrected chi connectivity index (χ0v) is 14.5. The van der Waals surface area contributed by atoms with E-state index in [2.05, 4.69) is 10.3 Å². The largest absolute Gasteiger partial charge is 0.455 e. The van der Waals surface area contributed by atoms with Gasteiger partial charge >= 0.3 is 6.09 Å². The number of aromatic nitrogens is 1. The third kappa shape index (κ3) is 4.26. The first-order valence-corrected chi connectivity index (χ1v) is 8.20. The van der Waals surface area contributed by atoms with Crippen molar-refractivity contribution in [3.63, 3.8) is 0 Å². The van der Waals surface area contributed by atoms with Crippen LogP contribution in [0.3, 0.4) is 0 Å². The zero-order chi connectivity index (χ0) is 18.0. The number of halogens is 1. The topological polar surface area (TPSA) is 60.5 Å². The smallest absolute Gasteiger partial charge is 0.407 e. The Morgan fingerprint density at radius 2 is 2.12 bits per heavy atom. The summed E-state index contributed by atoms with van der Waals surface area (Å²) in [6, 6.07) is 8.87. The summed E-state index contributed by atoms with van der Waals surface area (Å²) < 4.78 is 24.6. The lowest BCUT2D eigenvalue weighted by Crippen LogP contribution is -2.35. The Balaban J connectivity index is 1.83. The van der Waals surface area contributed by atoms with Crippen LogP contribution in [0.15, 0.2) is 36.5 Å². The van der Waals surface area contributed by atoms with E-state index in [9.17, 15) is 9.18 Å². The average molecular weight is 344 g/mol. The number of fused-ring (bicyclic) bond motifs is 2. The van der Waals surface area contributed by atoms with Crippen LogP contribution in [0.4, 0.5) is 9.18 Å². The molecule has 0 saturated carbocycles. The maximum Gasteiger partial charge on any atom is 0.407 e. The van der Waals surface area contributed by atoms with Crippen molar-refractivity contribution >= 4 is 6.09 Å². The molecule has 0 radical (unpaired) electrons. The number of carbonyl (C=O) groups is 1. The summed E-state index contributed by atoms with van der Waals surface area (Å²) in [7, 11) is 0. The normalized spacial score (nSPS) is 16.1. The molecule has 25 heavy (non-hydrogen) atoms. The van der Waals surface area contributed by atoms with Crippen molar-refractivity contribution in [2.75, 3.05) is 6.54 Å². The molecule has 2 heterocycles. The van der Waals surface area contributed by atoms with Gasteiger partial charge in [0.1, 0.15) is 17.2 Å². The van der Waals surface area contributed by atoms with E-state index in [0.29, 0.717) is 30.2 Å². The Hall–Kier alpha value is -2.63. The van der Waals surface area contributed by atoms with E-state index in [0.717, 1.165) is 5.56 Å². The van der Waals surface area contributed by atoms with Crippen molar-refractivity contribution in [2.24, 2.45) is 0 Å². The number of nitrogens with one attached hydrogen (secondary N) is 1. The second kappa shape index (κ2) is 6.70. The predicted octanol–water partition coefficient (Wildman–Crippen LogP) is 4.18. The first-order chi connectivity index (χ1) is 11.8. The number of carbonyl (C=O) groups excluding carboxylic acids is 1. The quantitative estimate of drug-likeness (QED) is 0.888. The molecule has 1 unspecified atom stereocenters. The van der Waals surface area contributed by atoms with Crippen LogP contribution in [0.5, 0.6) is 11.5 Å². The molecule has 1 aliphatic rings. The summed E-state index contributed by atoms with van der Waals surface area (Å²) in [6.07, 6.45) is 1.24. The number of nitrogens with zero attached hydrogens (tertiary/aromatic N) is 1. The molecule has 1 aliphatic heterocycles. The molecule has 0 bridgehead atoms. The molecule has 0 fully saturated rings. The first kappa shape index (κ1) is 17.2. The van der Waals surface area contributed by atoms with Crippen LogP contribution < -0.4 is 10.1 Å². The molecule has 2 aromatic rings. The van der Waals surface area contributed by atoms with Gasteiger partial charge in [-0.1, -0.05) is 18.2 Å². The van der Waals surface area contributed by atoms with Gasteiger partial charge in [-0.05, 0) is 26.8 Å². The van der Waals surface area contributed by atoms with Crippen LogP contribution in [-0.4, -0.2) is 23.2 Å². The molecule has 0 saturated heterocycles. The van der Waals surface area contributed by atoms with Gasteiger partial charge in [-0.15, -0.1) is 0 Å². The maximum absolute atomic E-state index is 13.5. The summed E-state index contributed by atoms with van der Waals surface area (Å²) in [5.41, 5.74) is 1.05. The lowest BCUT2D eigenvalue weighted by molar-refractivity contribution is 0.0524. The number of pyridine rings is 1. The molecule has 3 rings (SSSR count). The minimum atomic E-state index is -0.555. The Morgan fingerprint density at radius 3 is 2.88 bits per heavy atom. The summed E-state index contributed by atoms with van der Waals surface area (Å²) in [4.78, 5) is 16.1. The Bertz CT molecular complexity index is 786. The van der Waals surface area contributed by atoms with Gasteiger partial charge in [0.25, 0.3) is 0 Å². The fraction of sp³-hybridized carbons (Fsp3) is 0.368. The van der Waals surface area contributed by atoms with Crippen LogP contribution in [0.2, 0.25) is 0 Å². The highest BCUT2D eigenvalue weighted by molar-refractivity contribution is 5.67. The van der Waals surface area contributed by atoms with E-state index in [-0.39, 0.29) is 5.92 Å². The van der Waals surface area contributed by atoms with Gasteiger partial charge < -0.3 is 14.8 Å². The Kier molecular flexibility index (Phi) is 4.61. The minimum absolute atomic E-state index is 0.0528. The molecular formula is C19H21FN2O3. The number of alkyl carbamates (subject to hydrolysis) is 1. The maximum atomic E-state index is 13.5. The van der Waals surface area contributed by atoms with Crippen molar-refractivity contribution in [2.45, 2.75) is 38.7 Å². The molecule has 1 amide bonds. The lowest BCUT2D eigenvalue weighted by Gasteiger charge is -2.22. The average Bonchev–Trinajstić information content (AvgIpc) is 2.67. The van der Waals surface area contributed by atoms with Gasteiger partial charge in [-0.25, -0.2) is 9.18 Å². The number of hydrogen-bond donors (Lipinski definition) is 1. The molecule has 6 heteroatoms. The van der Waals surface area contributed by atoms with Crippen LogP contribution in [0, 0.1) is 5.82 Å². The highest BCUT2D eigenvalue weighted by atomic mass is 19.1. The fourth-order valence-electron chi connectivity index (χ4n) is 2.77. The predicted molar refractivity (Wildman–Crippen MR) is 91.4 cm³/mol. The first-order valence-electron chi connectivity index (χ1n) is 8.20. The Morgan fingerprint density at radius 1 is 1.36 bits per heavy atom. The zero-order valence-electron chi connectivity index (χ0n) is 14.5. The summed E-state index contributed by atoms with van der Waals surface area (Å²) in [5, 5.41) is 2.80. The van der Waals surface area contributed by atoms with Crippen LogP contribution in [0.1, 0.15) is 37.9 Å². The van der Waals surface area contributed by atoms with Gasteiger partial charge in [0, 0.05) is 30.5 Å². The second-order valence-electron chi connectivity index (χ2n) is 7.02. The van der Waals surface area contributed by atoms with Crippen molar-refractivity contribution in [1.82, 2.24) is 10.3 Å². The summed E-state index contributed by atoms with van der Waals surface area (Å²) in [6.45, 7) is 5.82. The van der Waals surface area contributed by atoms with E-state index >= 15 is 0 Å². The van der Waals surface area contributed by atoms with Crippen molar-refractivity contribution < 1.29 is 18.7 Å². The number of amides is 1. The molecule has 1 aromatic heterocycles. The molecule has 5 nitrogen and oxygen atoms in total. The van der Waals surface area contributed by atoms with Gasteiger partial charge in [-0.2, -0.15) is 0 Å². The van der Waals surface area contributed by atoms with E-state index in [1.54, 1.807) is 0 Å². The van der Waals surface area contributed by atoms with Crippen molar-refractivity contribution in [3.05, 3.63) is 53.6 Å². The molecule has 132 valence electrons. The van der Waals surface area contributed by atoms with Crippen LogP contribution >= 0.6 is 0 Å². The van der Waals surface area contributed by atoms with Crippen LogP contribution in [-0.2, 0) is 11.2 Å². The number of rotatable bonds is 2. The van der Waals surface area contributed by atoms with E-state index in [1.165, 1.54) is 12.3 Å². The minimum Gasteiger partial charge on any atom is -0.455 e. The number of hydrogen-bond acceptors (Lipinski definition) is 4. The molecule has 1 N–H and O–H groups in total. The fourth-order valence-corrected chi connectivity index (χ4v) is 2.77. The highest BCUT2D eigenvalue weighted by Gasteiger charge is 2.26. The lowest BCUT2D eigenvalue weighted by atomic mass is 9.94. The van der Waals surface area contributed by atoms with Gasteiger partial charge in [0.15, 0.2) is 5.75 Å². The number of ether oxygens (including phenoxy) is 2. The number of benzene rings is 1. The SMILES string of the molecule is CC(C)(C)OC(=O)NCC1Cc2ncc(F)cc2Oc2ccccc21. The molecule has 0 aliphatic carbocycles. The Labute approximate surface area is 146 Å². The van der Waals surface area contributed by atoms with E-state index in [1.807, 2.05) is 45.0 Å². The third-order valence-electron chi connectivity index (χ3n) is 3.81. The third-order valence-corrected chi connectivity index (χ3v) is 3.81. The standard InChI is InChI=1S/C19H21FN2O3/c1-19(2,3)25-18(23)22-10-12-8-15-17(9-13(20)11-21-15)24-16-7-5-4-6-14(12)16/h4-7,9,11-12H,8,10H2,1-3H3,(H,22,23). The molecular weight excluding hydrogens is 323 g/mol. The summed E-state index contributed by atoms with van der Waals surface area (Å²) in [5.74, 6) is 0.557. The van der Waals surface area contributed by atoms with E-state index < -0.39 is 17.5 Å². The van der Waals surface area contributed by atoms with Crippen molar-refractivity contribution in [1.29, 1.82) is 0 Å². The van der Waals surface area contributed by atoms with Crippen LogP contribution in [0.25, 0.3) is 0 Å². The molecule has 1 atom stereocenters. The van der Waals surface area contributed by atoms with E-state index in [4.69, 9.17) is 9.47 Å². The van der Waals surface area contributed by atoms with Gasteiger partial charge in [-0.3, -0.25) is 4.98 Å². The molecule has 1 aromatic carbocycles. The summed E-state index contributed by atoms with van der Waals surface area (Å²) >= 11 is 0. The second-order valence-corrected chi connectivity index (χ2v) is 7.02. The molecule has 0 spiro atoms. The van der Waals surface area contributed by atoms with Gasteiger partial charge in [0.05, 0.1) is 11.9 Å². The van der Waals surface area contributed by atoms with Gasteiger partial charge in [0.2, 0.25) is 0 Å². The highest BCUT2D eigenvalue weighted by Crippen LogP contribution is 2.38.